The van der Waals surface area contributed by atoms with Gasteiger partial charge in [-0.3, -0.25) is 15.0 Å². The molecule has 0 N–H and O–H groups in total. The van der Waals surface area contributed by atoms with E-state index in [0.717, 1.165) is 67.0 Å². The van der Waals surface area contributed by atoms with E-state index < -0.39 is 0 Å². The number of rotatable bonds is 10. The summed E-state index contributed by atoms with van der Waals surface area (Å²) in [5.41, 5.74) is 1.99. The summed E-state index contributed by atoms with van der Waals surface area (Å²) in [5.74, 6) is 17.6. The first kappa shape index (κ1) is 33.4. The van der Waals surface area contributed by atoms with Gasteiger partial charge in [-0.05, 0) is 65.2 Å². The predicted octanol–water partition coefficient (Wildman–Crippen LogP) is 8.61. The molecule has 0 radical (unpaired) electrons. The van der Waals surface area contributed by atoms with Gasteiger partial charge in [0.2, 0.25) is 0 Å². The van der Waals surface area contributed by atoms with Crippen LogP contribution in [-0.4, -0.2) is 15.0 Å². The molecule has 4 heteroatoms. The predicted molar refractivity (Wildman–Crippen MR) is 166 cm³/mol. The van der Waals surface area contributed by atoms with Crippen molar-refractivity contribution in [3.63, 3.8) is 0 Å². The Morgan fingerprint density at radius 3 is 1.44 bits per heavy atom. The van der Waals surface area contributed by atoms with Crippen molar-refractivity contribution < 1.29 is 0 Å². The molecule has 0 saturated carbocycles. The van der Waals surface area contributed by atoms with E-state index in [2.05, 4.69) is 66.4 Å². The molecule has 0 unspecified atom stereocenters. The van der Waals surface area contributed by atoms with Gasteiger partial charge < -0.3 is 0 Å². The number of nitrogens with zero attached hydrogens (tertiary/aromatic N) is 3. The molecule has 3 aromatic rings. The summed E-state index contributed by atoms with van der Waals surface area (Å²) in [6.07, 6.45) is 35.3. The van der Waals surface area contributed by atoms with Crippen molar-refractivity contribution >= 4 is 15.9 Å². The molecule has 0 fully saturated rings. The topological polar surface area (TPSA) is 38.7 Å². The number of unbranched alkanes of at least 4 members (excludes halogenated alkanes) is 10. The SMILES string of the molecule is Brc1cccnc1.C(#Cc1cccnc1)CCCCCCC#Cc1cccnc1.[C+]#CCCCCCCC#C. The van der Waals surface area contributed by atoms with Gasteiger partial charge in [0.15, 0.2) is 0 Å². The molecule has 0 atom stereocenters. The van der Waals surface area contributed by atoms with E-state index in [-0.39, 0.29) is 0 Å². The van der Waals surface area contributed by atoms with E-state index in [9.17, 15) is 0 Å². The standard InChI is InChI=1S/C20H20N2.C10H13.C5H4BrN/c1(3-5-7-11-19-13-9-15-21-17-19)2-4-6-8-12-20-14-10-16-22-18-20;1-3-5-7-9-10-8-6-4-2;6-5-2-1-3-7-4-5/h9-10,13-18H,1-6H2;1H,5-10H2;1-4H/q;+1;. The normalized spacial score (nSPS) is 8.97. The van der Waals surface area contributed by atoms with E-state index in [1.54, 1.807) is 37.2 Å². The summed E-state index contributed by atoms with van der Waals surface area (Å²) in [7, 11) is 0. The fourth-order valence-corrected chi connectivity index (χ4v) is 3.39. The van der Waals surface area contributed by atoms with Crippen LogP contribution < -0.4 is 0 Å². The van der Waals surface area contributed by atoms with Crippen LogP contribution in [-0.2, 0) is 0 Å². The maximum atomic E-state index is 6.64. The Bertz CT molecular complexity index is 1110. The van der Waals surface area contributed by atoms with Crippen molar-refractivity contribution in [1.29, 1.82) is 0 Å². The van der Waals surface area contributed by atoms with E-state index in [1.807, 2.05) is 36.4 Å². The molecule has 0 amide bonds. The number of hydrogen-bond acceptors (Lipinski definition) is 3. The number of halogens is 1. The molecule has 0 aliphatic rings. The molecule has 3 heterocycles. The van der Waals surface area contributed by atoms with Crippen molar-refractivity contribution in [2.24, 2.45) is 0 Å². The molecule has 0 aliphatic carbocycles. The van der Waals surface area contributed by atoms with Crippen LogP contribution in [0.1, 0.15) is 88.2 Å². The number of pyridine rings is 3. The Morgan fingerprint density at radius 1 is 0.615 bits per heavy atom. The zero-order chi connectivity index (χ0) is 28.1. The van der Waals surface area contributed by atoms with Crippen molar-refractivity contribution in [2.45, 2.75) is 77.0 Å². The van der Waals surface area contributed by atoms with Gasteiger partial charge in [0, 0.05) is 65.6 Å². The average molecular weight is 580 g/mol. The van der Waals surface area contributed by atoms with Gasteiger partial charge >= 0.3 is 63.2 Å². The Morgan fingerprint density at radius 2 is 1.08 bits per heavy atom. The molecule has 0 aromatic carbocycles. The summed E-state index contributed by atoms with van der Waals surface area (Å²) < 4.78 is 1.02. The number of terminal acetylenes is 1. The molecule has 3 nitrogen and oxygen atoms in total. The second kappa shape index (κ2) is 26.0. The van der Waals surface area contributed by atoms with Crippen LogP contribution >= 0.6 is 15.9 Å². The van der Waals surface area contributed by atoms with Crippen LogP contribution in [0.4, 0.5) is 0 Å². The summed E-state index contributed by atoms with van der Waals surface area (Å²) in [5, 5.41) is 0. The van der Waals surface area contributed by atoms with Crippen molar-refractivity contribution in [2.75, 3.05) is 0 Å². The van der Waals surface area contributed by atoms with Crippen LogP contribution in [0, 0.1) is 48.4 Å². The molecule has 198 valence electrons. The first-order valence-corrected chi connectivity index (χ1v) is 14.2. The van der Waals surface area contributed by atoms with Gasteiger partial charge in [-0.15, -0.1) is 0 Å². The van der Waals surface area contributed by atoms with E-state index in [4.69, 9.17) is 12.8 Å². The Hall–Kier alpha value is -3.61. The zero-order valence-electron chi connectivity index (χ0n) is 22.7. The molecule has 0 spiro atoms. The van der Waals surface area contributed by atoms with E-state index in [0.29, 0.717) is 0 Å². The molecule has 0 aliphatic heterocycles. The summed E-state index contributed by atoms with van der Waals surface area (Å²) in [6, 6.07) is 11.6. The molecule has 3 aromatic heterocycles. The van der Waals surface area contributed by atoms with Crippen LogP contribution in [0.5, 0.6) is 0 Å². The third kappa shape index (κ3) is 22.1. The zero-order valence-corrected chi connectivity index (χ0v) is 24.3. The second-order valence-electron chi connectivity index (χ2n) is 8.47. The van der Waals surface area contributed by atoms with Gasteiger partial charge in [-0.2, -0.15) is 0 Å². The Labute approximate surface area is 244 Å². The fourth-order valence-electron chi connectivity index (χ4n) is 3.12. The second-order valence-corrected chi connectivity index (χ2v) is 9.38. The summed E-state index contributed by atoms with van der Waals surface area (Å²) in [4.78, 5) is 11.9. The molecule has 0 bridgehead atoms. The Balaban J connectivity index is 0.000000367. The Kier molecular flexibility index (Phi) is 22.3. The van der Waals surface area contributed by atoms with Crippen LogP contribution in [0.3, 0.4) is 0 Å². The molecular formula is C35H37BrN3+. The minimum atomic E-state index is 0.802. The van der Waals surface area contributed by atoms with Crippen molar-refractivity contribution in [3.05, 3.63) is 95.6 Å². The molecule has 3 rings (SSSR count). The first-order valence-electron chi connectivity index (χ1n) is 13.4. The fraction of sp³-hybridized carbons (Fsp3) is 0.343. The molecule has 0 saturated heterocycles. The quantitative estimate of drug-likeness (QED) is 0.137. The monoisotopic (exact) mass is 578 g/mol. The summed E-state index contributed by atoms with van der Waals surface area (Å²) in [6.45, 7) is 0. The van der Waals surface area contributed by atoms with Gasteiger partial charge in [0.25, 0.3) is 0 Å². The van der Waals surface area contributed by atoms with Crippen molar-refractivity contribution in [3.8, 4) is 41.9 Å². The van der Waals surface area contributed by atoms with E-state index in [1.165, 1.54) is 25.7 Å². The van der Waals surface area contributed by atoms with Gasteiger partial charge in [0.05, 0.1) is 0 Å². The third-order valence-electron chi connectivity index (χ3n) is 5.14. The maximum absolute atomic E-state index is 6.64. The number of hydrogen-bond donors (Lipinski definition) is 0. The van der Waals surface area contributed by atoms with Crippen LogP contribution in [0.2, 0.25) is 0 Å². The van der Waals surface area contributed by atoms with Gasteiger partial charge in [-0.1, -0.05) is 36.5 Å². The third-order valence-corrected chi connectivity index (χ3v) is 5.61. The molecule has 39 heavy (non-hydrogen) atoms. The van der Waals surface area contributed by atoms with Crippen LogP contribution in [0.25, 0.3) is 0 Å². The number of aromatic nitrogens is 3. The van der Waals surface area contributed by atoms with Crippen LogP contribution in [0.15, 0.2) is 78.1 Å². The van der Waals surface area contributed by atoms with Crippen molar-refractivity contribution in [1.82, 2.24) is 15.0 Å². The summed E-state index contributed by atoms with van der Waals surface area (Å²) >= 11 is 3.25. The van der Waals surface area contributed by atoms with Gasteiger partial charge in [-0.25, -0.2) is 0 Å². The van der Waals surface area contributed by atoms with E-state index >= 15 is 0 Å². The molecular weight excluding hydrogens is 542 g/mol. The average Bonchev–Trinajstić information content (AvgIpc) is 2.98. The van der Waals surface area contributed by atoms with Gasteiger partial charge in [0.1, 0.15) is 0 Å². The first-order chi connectivity index (χ1) is 19.3. The minimum absolute atomic E-state index is 0.802.